The van der Waals surface area contributed by atoms with E-state index in [-0.39, 0.29) is 5.56 Å². The zero-order chi connectivity index (χ0) is 9.14. The van der Waals surface area contributed by atoms with Crippen molar-refractivity contribution in [2.24, 2.45) is 0 Å². The van der Waals surface area contributed by atoms with Crippen LogP contribution in [0.5, 0.6) is 0 Å². The Morgan fingerprint density at radius 3 is 2.67 bits per heavy atom. The topological polar surface area (TPSA) is 63.9 Å². The van der Waals surface area contributed by atoms with E-state index in [1.807, 2.05) is 6.07 Å². The highest BCUT2D eigenvalue weighted by Gasteiger charge is 1.98. The first-order chi connectivity index (χ1) is 5.65. The van der Waals surface area contributed by atoms with Crippen molar-refractivity contribution in [3.63, 3.8) is 0 Å². The maximum atomic E-state index is 10.4. The lowest BCUT2D eigenvalue weighted by molar-refractivity contribution is -0.255. The van der Waals surface area contributed by atoms with Crippen molar-refractivity contribution in [2.75, 3.05) is 0 Å². The van der Waals surface area contributed by atoms with Crippen LogP contribution in [0.2, 0.25) is 0 Å². The molecule has 0 aliphatic carbocycles. The van der Waals surface area contributed by atoms with E-state index in [4.69, 9.17) is 5.26 Å². The van der Waals surface area contributed by atoms with Crippen molar-refractivity contribution < 1.29 is 9.90 Å². The van der Waals surface area contributed by atoms with Gasteiger partial charge >= 0.3 is 0 Å². The predicted molar refractivity (Wildman–Crippen MR) is 40.2 cm³/mol. The number of carboxylic acid groups (broad SMARTS) is 1. The SMILES string of the molecule is Cc1cc(C(=O)[O-])ccc1C#N. The van der Waals surface area contributed by atoms with E-state index >= 15 is 0 Å². The molecular formula is C9H6NO2-. The van der Waals surface area contributed by atoms with Gasteiger partial charge in [-0.05, 0) is 30.2 Å². The molecule has 0 saturated heterocycles. The molecule has 0 unspecified atom stereocenters. The molecule has 0 radical (unpaired) electrons. The molecule has 0 aromatic heterocycles. The average molecular weight is 160 g/mol. The Bertz CT molecular complexity index is 363. The second kappa shape index (κ2) is 3.05. The van der Waals surface area contributed by atoms with Gasteiger partial charge in [-0.3, -0.25) is 0 Å². The number of carboxylic acids is 1. The van der Waals surface area contributed by atoms with Crippen molar-refractivity contribution in [2.45, 2.75) is 6.92 Å². The summed E-state index contributed by atoms with van der Waals surface area (Å²) in [6.45, 7) is 1.69. The fraction of sp³-hybridized carbons (Fsp3) is 0.111. The van der Waals surface area contributed by atoms with Crippen molar-refractivity contribution in [1.29, 1.82) is 5.26 Å². The van der Waals surface area contributed by atoms with Crippen LogP contribution in [0, 0.1) is 18.3 Å². The number of aromatic carboxylic acids is 1. The van der Waals surface area contributed by atoms with Gasteiger partial charge in [0, 0.05) is 0 Å². The lowest BCUT2D eigenvalue weighted by Gasteiger charge is -2.03. The molecule has 0 spiro atoms. The monoisotopic (exact) mass is 160 g/mol. The maximum Gasteiger partial charge on any atom is 0.0994 e. The van der Waals surface area contributed by atoms with Crippen LogP contribution >= 0.6 is 0 Å². The van der Waals surface area contributed by atoms with Crippen LogP contribution in [0.1, 0.15) is 21.5 Å². The molecule has 0 amide bonds. The second-order valence-corrected chi connectivity index (χ2v) is 2.43. The normalized spacial score (nSPS) is 9.00. The number of carbonyl (C=O) groups excluding carboxylic acids is 1. The molecule has 1 aromatic rings. The Labute approximate surface area is 69.9 Å². The summed E-state index contributed by atoms with van der Waals surface area (Å²) in [5.41, 5.74) is 1.24. The molecule has 0 aliphatic heterocycles. The molecule has 0 saturated carbocycles. The number of benzene rings is 1. The van der Waals surface area contributed by atoms with Crippen LogP contribution in [-0.4, -0.2) is 5.97 Å². The molecular weight excluding hydrogens is 154 g/mol. The van der Waals surface area contributed by atoms with Gasteiger partial charge in [-0.1, -0.05) is 6.07 Å². The third-order valence-corrected chi connectivity index (χ3v) is 1.58. The molecule has 0 aliphatic rings. The number of hydrogen-bond donors (Lipinski definition) is 0. The third-order valence-electron chi connectivity index (χ3n) is 1.58. The maximum absolute atomic E-state index is 10.4. The van der Waals surface area contributed by atoms with E-state index in [2.05, 4.69) is 0 Å². The van der Waals surface area contributed by atoms with E-state index in [1.54, 1.807) is 6.92 Å². The largest absolute Gasteiger partial charge is 0.545 e. The van der Waals surface area contributed by atoms with Gasteiger partial charge in [0.1, 0.15) is 0 Å². The molecule has 0 heterocycles. The third kappa shape index (κ3) is 1.43. The fourth-order valence-electron chi connectivity index (χ4n) is 0.916. The highest BCUT2D eigenvalue weighted by molar-refractivity contribution is 5.86. The summed E-state index contributed by atoms with van der Waals surface area (Å²) >= 11 is 0. The van der Waals surface area contributed by atoms with E-state index < -0.39 is 5.97 Å². The highest BCUT2D eigenvalue weighted by atomic mass is 16.4. The summed E-state index contributed by atoms with van der Waals surface area (Å²) in [6, 6.07) is 6.21. The summed E-state index contributed by atoms with van der Waals surface area (Å²) in [6.07, 6.45) is 0. The van der Waals surface area contributed by atoms with Gasteiger partial charge in [0.15, 0.2) is 0 Å². The van der Waals surface area contributed by atoms with Crippen LogP contribution in [0.4, 0.5) is 0 Å². The Kier molecular flexibility index (Phi) is 2.11. The molecule has 3 heteroatoms. The predicted octanol–water partition coefficient (Wildman–Crippen LogP) is 0.230. The number of rotatable bonds is 1. The smallest absolute Gasteiger partial charge is 0.0994 e. The molecule has 1 aromatic carbocycles. The van der Waals surface area contributed by atoms with Crippen LogP contribution in [0.3, 0.4) is 0 Å². The molecule has 0 N–H and O–H groups in total. The number of carbonyl (C=O) groups is 1. The summed E-state index contributed by atoms with van der Waals surface area (Å²) in [4.78, 5) is 10.4. The number of nitrogens with zero attached hydrogens (tertiary/aromatic N) is 1. The van der Waals surface area contributed by atoms with E-state index in [0.717, 1.165) is 0 Å². The Morgan fingerprint density at radius 1 is 1.58 bits per heavy atom. The minimum Gasteiger partial charge on any atom is -0.545 e. The molecule has 60 valence electrons. The minimum absolute atomic E-state index is 0.103. The fourth-order valence-corrected chi connectivity index (χ4v) is 0.916. The molecule has 3 nitrogen and oxygen atoms in total. The van der Waals surface area contributed by atoms with Gasteiger partial charge in [-0.15, -0.1) is 0 Å². The zero-order valence-corrected chi connectivity index (χ0v) is 6.50. The quantitative estimate of drug-likeness (QED) is 0.590. The van der Waals surface area contributed by atoms with Crippen LogP contribution < -0.4 is 5.11 Å². The number of nitriles is 1. The first kappa shape index (κ1) is 8.28. The Morgan fingerprint density at radius 2 is 2.25 bits per heavy atom. The average Bonchev–Trinajstić information content (AvgIpc) is 2.04. The van der Waals surface area contributed by atoms with E-state index in [9.17, 15) is 9.90 Å². The standard InChI is InChI=1S/C9H7NO2/c1-6-4-7(9(11)12)2-3-8(6)5-10/h2-4H,1H3,(H,11,12)/p-1. The van der Waals surface area contributed by atoms with Crippen LogP contribution in [0.25, 0.3) is 0 Å². The number of hydrogen-bond acceptors (Lipinski definition) is 3. The Balaban J connectivity index is 3.21. The number of aryl methyl sites for hydroxylation is 1. The summed E-state index contributed by atoms with van der Waals surface area (Å²) in [7, 11) is 0. The summed E-state index contributed by atoms with van der Waals surface area (Å²) < 4.78 is 0. The van der Waals surface area contributed by atoms with Gasteiger partial charge < -0.3 is 9.90 Å². The minimum atomic E-state index is -1.22. The van der Waals surface area contributed by atoms with Gasteiger partial charge in [0.2, 0.25) is 0 Å². The van der Waals surface area contributed by atoms with Gasteiger partial charge in [0.25, 0.3) is 0 Å². The molecule has 0 bridgehead atoms. The van der Waals surface area contributed by atoms with Gasteiger partial charge in [0.05, 0.1) is 17.6 Å². The first-order valence-corrected chi connectivity index (χ1v) is 3.37. The van der Waals surface area contributed by atoms with Crippen molar-refractivity contribution in [3.05, 3.63) is 34.9 Å². The molecule has 1 rings (SSSR count). The van der Waals surface area contributed by atoms with Gasteiger partial charge in [-0.25, -0.2) is 0 Å². The lowest BCUT2D eigenvalue weighted by Crippen LogP contribution is -2.22. The lowest BCUT2D eigenvalue weighted by atomic mass is 10.1. The van der Waals surface area contributed by atoms with Crippen molar-refractivity contribution in [3.8, 4) is 6.07 Å². The Hall–Kier alpha value is -1.82. The second-order valence-electron chi connectivity index (χ2n) is 2.43. The van der Waals surface area contributed by atoms with Crippen LogP contribution in [0.15, 0.2) is 18.2 Å². The molecule has 12 heavy (non-hydrogen) atoms. The van der Waals surface area contributed by atoms with Crippen LogP contribution in [-0.2, 0) is 0 Å². The zero-order valence-electron chi connectivity index (χ0n) is 6.50. The molecule has 0 atom stereocenters. The van der Waals surface area contributed by atoms with Gasteiger partial charge in [-0.2, -0.15) is 5.26 Å². The van der Waals surface area contributed by atoms with E-state index in [1.165, 1.54) is 18.2 Å². The highest BCUT2D eigenvalue weighted by Crippen LogP contribution is 2.08. The summed E-state index contributed by atoms with van der Waals surface area (Å²) in [5, 5.41) is 18.9. The first-order valence-electron chi connectivity index (χ1n) is 3.37. The van der Waals surface area contributed by atoms with E-state index in [0.29, 0.717) is 11.1 Å². The van der Waals surface area contributed by atoms with Crippen molar-refractivity contribution >= 4 is 5.97 Å². The molecule has 0 fully saturated rings. The summed E-state index contributed by atoms with van der Waals surface area (Å²) in [5.74, 6) is -1.22. The van der Waals surface area contributed by atoms with Crippen molar-refractivity contribution in [1.82, 2.24) is 0 Å².